The largest absolute Gasteiger partial charge is 0.389 e. The summed E-state index contributed by atoms with van der Waals surface area (Å²) in [6.45, 7) is 6.50. The number of rotatable bonds is 3. The zero-order valence-electron chi connectivity index (χ0n) is 8.13. The van der Waals surface area contributed by atoms with Crippen LogP contribution in [0.25, 0.3) is 0 Å². The Labute approximate surface area is 79.2 Å². The second-order valence-corrected chi connectivity index (χ2v) is 4.88. The first-order chi connectivity index (χ1) is 5.66. The second-order valence-electron chi connectivity index (χ2n) is 3.52. The summed E-state index contributed by atoms with van der Waals surface area (Å²) in [5.41, 5.74) is 1.29. The quantitative estimate of drug-likeness (QED) is 0.731. The van der Waals surface area contributed by atoms with Crippen LogP contribution in [0.2, 0.25) is 0 Å². The molecule has 0 heterocycles. The predicted octanol–water partition coefficient (Wildman–Crippen LogP) is 2.80. The van der Waals surface area contributed by atoms with Gasteiger partial charge in [0.2, 0.25) is 0 Å². The molecule has 0 aliphatic heterocycles. The lowest BCUT2D eigenvalue weighted by molar-refractivity contribution is 0.202. The van der Waals surface area contributed by atoms with Crippen LogP contribution in [0.5, 0.6) is 0 Å². The molecule has 1 nitrogen and oxygen atoms in total. The van der Waals surface area contributed by atoms with Gasteiger partial charge >= 0.3 is 0 Å². The minimum absolute atomic E-state index is 0.154. The van der Waals surface area contributed by atoms with Gasteiger partial charge in [0.15, 0.2) is 0 Å². The van der Waals surface area contributed by atoms with Crippen LogP contribution in [0.15, 0.2) is 10.5 Å². The zero-order chi connectivity index (χ0) is 9.14. The fourth-order valence-electron chi connectivity index (χ4n) is 1.79. The molecule has 2 heteroatoms. The van der Waals surface area contributed by atoms with Crippen molar-refractivity contribution < 1.29 is 5.11 Å². The first-order valence-corrected chi connectivity index (χ1v) is 5.69. The van der Waals surface area contributed by atoms with Crippen LogP contribution in [0, 0.1) is 5.92 Å². The van der Waals surface area contributed by atoms with Gasteiger partial charge in [0.25, 0.3) is 0 Å². The Morgan fingerprint density at radius 2 is 2.25 bits per heavy atom. The Balaban J connectivity index is 2.75. The maximum atomic E-state index is 9.69. The molecule has 1 atom stereocenters. The van der Waals surface area contributed by atoms with Gasteiger partial charge < -0.3 is 5.11 Å². The summed E-state index contributed by atoms with van der Waals surface area (Å²) >= 11 is 1.90. The second kappa shape index (κ2) is 4.33. The molecular weight excluding hydrogens is 168 g/mol. The predicted molar refractivity (Wildman–Crippen MR) is 55.2 cm³/mol. The summed E-state index contributed by atoms with van der Waals surface area (Å²) in [6.07, 6.45) is 1.88. The summed E-state index contributed by atoms with van der Waals surface area (Å²) in [7, 11) is 0. The molecule has 0 amide bonds. The van der Waals surface area contributed by atoms with Crippen molar-refractivity contribution in [1.29, 1.82) is 0 Å². The SMILES string of the molecule is CCSC1=C(C(C)C)C(O)CC1. The number of aliphatic hydroxyl groups excluding tert-OH is 1. The van der Waals surface area contributed by atoms with E-state index in [0.29, 0.717) is 5.92 Å². The minimum Gasteiger partial charge on any atom is -0.389 e. The van der Waals surface area contributed by atoms with E-state index in [1.807, 2.05) is 11.8 Å². The molecule has 1 aliphatic carbocycles. The van der Waals surface area contributed by atoms with Crippen molar-refractivity contribution >= 4 is 11.8 Å². The highest BCUT2D eigenvalue weighted by atomic mass is 32.2. The summed E-state index contributed by atoms with van der Waals surface area (Å²) < 4.78 is 0. The summed E-state index contributed by atoms with van der Waals surface area (Å²) in [4.78, 5) is 1.44. The normalized spacial score (nSPS) is 24.2. The molecular formula is C10H18OS. The monoisotopic (exact) mass is 186 g/mol. The molecule has 1 aliphatic rings. The van der Waals surface area contributed by atoms with Gasteiger partial charge in [0.05, 0.1) is 6.10 Å². The average molecular weight is 186 g/mol. The molecule has 0 aromatic rings. The van der Waals surface area contributed by atoms with Crippen LogP contribution in [-0.2, 0) is 0 Å². The van der Waals surface area contributed by atoms with Gasteiger partial charge in [-0.25, -0.2) is 0 Å². The lowest BCUT2D eigenvalue weighted by Crippen LogP contribution is -2.09. The Kier molecular flexibility index (Phi) is 3.66. The van der Waals surface area contributed by atoms with E-state index in [4.69, 9.17) is 0 Å². The summed E-state index contributed by atoms with van der Waals surface area (Å²) in [6, 6.07) is 0. The van der Waals surface area contributed by atoms with E-state index < -0.39 is 0 Å². The first-order valence-electron chi connectivity index (χ1n) is 4.70. The van der Waals surface area contributed by atoms with Crippen molar-refractivity contribution in [3.05, 3.63) is 10.5 Å². The van der Waals surface area contributed by atoms with E-state index in [9.17, 15) is 5.11 Å². The molecule has 1 rings (SSSR count). The summed E-state index contributed by atoms with van der Waals surface area (Å²) in [5, 5.41) is 9.69. The third kappa shape index (κ3) is 2.05. The van der Waals surface area contributed by atoms with E-state index in [1.165, 1.54) is 10.5 Å². The molecule has 70 valence electrons. The van der Waals surface area contributed by atoms with E-state index >= 15 is 0 Å². The van der Waals surface area contributed by atoms with Gasteiger partial charge in [-0.1, -0.05) is 20.8 Å². The van der Waals surface area contributed by atoms with Crippen molar-refractivity contribution in [3.63, 3.8) is 0 Å². The standard InChI is InChI=1S/C10H18OS/c1-4-12-9-6-5-8(11)10(9)7(2)3/h7-8,11H,4-6H2,1-3H3. The van der Waals surface area contributed by atoms with Crippen LogP contribution in [0.3, 0.4) is 0 Å². The minimum atomic E-state index is -0.154. The van der Waals surface area contributed by atoms with Gasteiger partial charge in [0, 0.05) is 0 Å². The number of aliphatic hydroxyl groups is 1. The Morgan fingerprint density at radius 3 is 2.75 bits per heavy atom. The van der Waals surface area contributed by atoms with Crippen molar-refractivity contribution in [1.82, 2.24) is 0 Å². The van der Waals surface area contributed by atoms with Crippen LogP contribution >= 0.6 is 11.8 Å². The molecule has 1 N–H and O–H groups in total. The number of hydrogen-bond acceptors (Lipinski definition) is 2. The van der Waals surface area contributed by atoms with Gasteiger partial charge in [0.1, 0.15) is 0 Å². The maximum absolute atomic E-state index is 9.69. The molecule has 12 heavy (non-hydrogen) atoms. The number of hydrogen-bond donors (Lipinski definition) is 1. The van der Waals surface area contributed by atoms with Gasteiger partial charge in [-0.3, -0.25) is 0 Å². The number of thioether (sulfide) groups is 1. The van der Waals surface area contributed by atoms with E-state index in [1.54, 1.807) is 0 Å². The number of allylic oxidation sites excluding steroid dienone is 1. The van der Waals surface area contributed by atoms with E-state index in [0.717, 1.165) is 18.6 Å². The van der Waals surface area contributed by atoms with Crippen LogP contribution in [0.4, 0.5) is 0 Å². The van der Waals surface area contributed by atoms with Crippen molar-refractivity contribution in [2.75, 3.05) is 5.75 Å². The molecule has 0 fully saturated rings. The molecule has 0 aromatic heterocycles. The average Bonchev–Trinajstić information content (AvgIpc) is 2.32. The molecule has 0 saturated heterocycles. The van der Waals surface area contributed by atoms with Gasteiger partial charge in [-0.05, 0) is 35.0 Å². The fourth-order valence-corrected chi connectivity index (χ4v) is 2.94. The highest BCUT2D eigenvalue weighted by Gasteiger charge is 2.25. The topological polar surface area (TPSA) is 20.2 Å². The van der Waals surface area contributed by atoms with Crippen molar-refractivity contribution in [2.24, 2.45) is 5.92 Å². The van der Waals surface area contributed by atoms with Crippen LogP contribution < -0.4 is 0 Å². The molecule has 0 radical (unpaired) electrons. The smallest absolute Gasteiger partial charge is 0.0766 e. The lowest BCUT2D eigenvalue weighted by atomic mass is 10.0. The maximum Gasteiger partial charge on any atom is 0.0766 e. The molecule has 0 bridgehead atoms. The van der Waals surface area contributed by atoms with Crippen molar-refractivity contribution in [3.8, 4) is 0 Å². The highest BCUT2D eigenvalue weighted by molar-refractivity contribution is 8.03. The van der Waals surface area contributed by atoms with Crippen LogP contribution in [0.1, 0.15) is 33.6 Å². The molecule has 0 saturated carbocycles. The Bertz CT molecular complexity index is 184. The first kappa shape index (κ1) is 10.1. The van der Waals surface area contributed by atoms with Crippen molar-refractivity contribution in [2.45, 2.75) is 39.7 Å². The molecule has 0 aromatic carbocycles. The van der Waals surface area contributed by atoms with E-state index in [2.05, 4.69) is 20.8 Å². The molecule has 0 spiro atoms. The third-order valence-electron chi connectivity index (χ3n) is 2.27. The lowest BCUT2D eigenvalue weighted by Gasteiger charge is -2.13. The fraction of sp³-hybridized carbons (Fsp3) is 0.800. The summed E-state index contributed by atoms with van der Waals surface area (Å²) in [5.74, 6) is 1.63. The Hall–Kier alpha value is 0.0500. The Morgan fingerprint density at radius 1 is 1.58 bits per heavy atom. The van der Waals surface area contributed by atoms with E-state index in [-0.39, 0.29) is 6.10 Å². The third-order valence-corrected chi connectivity index (χ3v) is 3.34. The zero-order valence-corrected chi connectivity index (χ0v) is 8.95. The van der Waals surface area contributed by atoms with Crippen LogP contribution in [-0.4, -0.2) is 17.0 Å². The van der Waals surface area contributed by atoms with Gasteiger partial charge in [-0.2, -0.15) is 0 Å². The highest BCUT2D eigenvalue weighted by Crippen LogP contribution is 2.37. The van der Waals surface area contributed by atoms with Gasteiger partial charge in [-0.15, -0.1) is 11.8 Å². The molecule has 1 unspecified atom stereocenters.